The highest BCUT2D eigenvalue weighted by Gasteiger charge is 2.13. The fourth-order valence-corrected chi connectivity index (χ4v) is 2.01. The van der Waals surface area contributed by atoms with Gasteiger partial charge in [0.25, 0.3) is 5.69 Å². The minimum Gasteiger partial charge on any atom is -0.277 e. The van der Waals surface area contributed by atoms with Gasteiger partial charge in [-0.15, -0.1) is 0 Å². The van der Waals surface area contributed by atoms with Crippen LogP contribution >= 0.6 is 11.6 Å². The fourth-order valence-electron chi connectivity index (χ4n) is 1.85. The lowest BCUT2D eigenvalue weighted by atomic mass is 10.1. The van der Waals surface area contributed by atoms with Gasteiger partial charge in [0.2, 0.25) is 0 Å². The molecule has 0 fully saturated rings. The number of pyridine rings is 1. The van der Waals surface area contributed by atoms with Crippen LogP contribution in [0.1, 0.15) is 0 Å². The van der Waals surface area contributed by atoms with E-state index in [2.05, 4.69) is 15.2 Å². The highest BCUT2D eigenvalue weighted by atomic mass is 35.5. The Morgan fingerprint density at radius 2 is 2.11 bits per heavy atom. The van der Waals surface area contributed by atoms with Crippen molar-refractivity contribution in [3.63, 3.8) is 0 Å². The Balaban J connectivity index is 2.24. The number of aromatic nitrogens is 3. The summed E-state index contributed by atoms with van der Waals surface area (Å²) < 4.78 is 0. The predicted molar refractivity (Wildman–Crippen MR) is 71.0 cm³/mol. The van der Waals surface area contributed by atoms with Crippen LogP contribution in [0.15, 0.2) is 36.4 Å². The van der Waals surface area contributed by atoms with Gasteiger partial charge in [-0.25, -0.2) is 4.98 Å². The topological polar surface area (TPSA) is 84.7 Å². The molecule has 19 heavy (non-hydrogen) atoms. The van der Waals surface area contributed by atoms with Gasteiger partial charge in [-0.1, -0.05) is 17.7 Å². The van der Waals surface area contributed by atoms with E-state index in [0.717, 1.165) is 0 Å². The van der Waals surface area contributed by atoms with E-state index >= 15 is 0 Å². The van der Waals surface area contributed by atoms with Crippen LogP contribution in [0.3, 0.4) is 0 Å². The molecular formula is C12H7ClN4O2. The summed E-state index contributed by atoms with van der Waals surface area (Å²) in [5.41, 5.74) is 1.83. The second-order valence-electron chi connectivity index (χ2n) is 3.90. The zero-order chi connectivity index (χ0) is 13.4. The zero-order valence-electron chi connectivity index (χ0n) is 9.50. The Morgan fingerprint density at radius 1 is 1.26 bits per heavy atom. The van der Waals surface area contributed by atoms with Crippen LogP contribution in [-0.4, -0.2) is 20.1 Å². The third-order valence-corrected chi connectivity index (χ3v) is 2.93. The number of non-ortho nitro benzene ring substituents is 1. The average molecular weight is 275 g/mol. The van der Waals surface area contributed by atoms with Gasteiger partial charge in [0.15, 0.2) is 0 Å². The molecule has 0 aliphatic rings. The summed E-state index contributed by atoms with van der Waals surface area (Å²) >= 11 is 5.84. The van der Waals surface area contributed by atoms with Crippen LogP contribution in [0.25, 0.3) is 22.3 Å². The van der Waals surface area contributed by atoms with Crippen molar-refractivity contribution in [2.24, 2.45) is 0 Å². The van der Waals surface area contributed by atoms with E-state index in [1.54, 1.807) is 24.3 Å². The quantitative estimate of drug-likeness (QED) is 0.442. The number of benzene rings is 1. The first-order valence-corrected chi connectivity index (χ1v) is 5.78. The number of nitro benzene ring substituents is 1. The predicted octanol–water partition coefficient (Wildman–Crippen LogP) is 3.19. The molecular weight excluding hydrogens is 268 g/mol. The molecule has 0 bridgehead atoms. The summed E-state index contributed by atoms with van der Waals surface area (Å²) in [5.74, 6) is 0. The number of nitrogens with zero attached hydrogens (tertiary/aromatic N) is 3. The molecule has 1 N–H and O–H groups in total. The maximum Gasteiger partial charge on any atom is 0.270 e. The first-order valence-electron chi connectivity index (χ1n) is 5.40. The van der Waals surface area contributed by atoms with Crippen molar-refractivity contribution >= 4 is 28.2 Å². The molecule has 94 valence electrons. The number of nitrogens with one attached hydrogen (secondary N) is 1. The van der Waals surface area contributed by atoms with Crippen molar-refractivity contribution in [1.29, 1.82) is 0 Å². The van der Waals surface area contributed by atoms with E-state index in [4.69, 9.17) is 11.6 Å². The Kier molecular flexibility index (Phi) is 2.64. The number of rotatable bonds is 2. The number of halogens is 1. The molecule has 0 aliphatic carbocycles. The molecule has 0 saturated carbocycles. The highest BCUT2D eigenvalue weighted by Crippen LogP contribution is 2.28. The number of hydrogen-bond acceptors (Lipinski definition) is 4. The molecule has 3 rings (SSSR count). The van der Waals surface area contributed by atoms with E-state index in [1.807, 2.05) is 0 Å². The lowest BCUT2D eigenvalue weighted by Gasteiger charge is -1.97. The fraction of sp³-hybridized carbons (Fsp3) is 0. The molecule has 7 heteroatoms. The van der Waals surface area contributed by atoms with Crippen molar-refractivity contribution in [3.8, 4) is 11.4 Å². The number of nitro groups is 1. The van der Waals surface area contributed by atoms with E-state index in [1.165, 1.54) is 12.1 Å². The third-order valence-electron chi connectivity index (χ3n) is 2.71. The molecule has 0 aliphatic heterocycles. The van der Waals surface area contributed by atoms with Crippen molar-refractivity contribution < 1.29 is 4.92 Å². The lowest BCUT2D eigenvalue weighted by Crippen LogP contribution is -1.88. The number of hydrogen-bond donors (Lipinski definition) is 1. The Labute approximate surface area is 112 Å². The van der Waals surface area contributed by atoms with E-state index in [0.29, 0.717) is 27.4 Å². The van der Waals surface area contributed by atoms with Gasteiger partial charge in [-0.05, 0) is 18.2 Å². The van der Waals surface area contributed by atoms with Gasteiger partial charge in [-0.2, -0.15) is 5.10 Å². The Bertz CT molecular complexity index is 784. The van der Waals surface area contributed by atoms with Crippen molar-refractivity contribution in [2.75, 3.05) is 0 Å². The highest BCUT2D eigenvalue weighted by molar-refractivity contribution is 6.29. The minimum atomic E-state index is -0.443. The molecule has 0 unspecified atom stereocenters. The monoisotopic (exact) mass is 274 g/mol. The summed E-state index contributed by atoms with van der Waals surface area (Å²) in [6.45, 7) is 0. The average Bonchev–Trinajstić information content (AvgIpc) is 2.81. The van der Waals surface area contributed by atoms with Gasteiger partial charge in [0.05, 0.1) is 16.1 Å². The van der Waals surface area contributed by atoms with Gasteiger partial charge >= 0.3 is 0 Å². The summed E-state index contributed by atoms with van der Waals surface area (Å²) in [6, 6.07) is 9.67. The second-order valence-corrected chi connectivity index (χ2v) is 4.29. The van der Waals surface area contributed by atoms with Crippen LogP contribution in [0.2, 0.25) is 5.15 Å². The van der Waals surface area contributed by atoms with Crippen molar-refractivity contribution in [3.05, 3.63) is 51.7 Å². The molecule has 0 spiro atoms. The van der Waals surface area contributed by atoms with Crippen molar-refractivity contribution in [2.45, 2.75) is 0 Å². The summed E-state index contributed by atoms with van der Waals surface area (Å²) in [7, 11) is 0. The SMILES string of the molecule is O=[N+]([O-])c1ccc2[nH]nc(-c3cccc(Cl)n3)c2c1. The zero-order valence-corrected chi connectivity index (χ0v) is 10.3. The first-order chi connectivity index (χ1) is 9.15. The third kappa shape index (κ3) is 2.02. The number of aromatic amines is 1. The minimum absolute atomic E-state index is 0.0113. The van der Waals surface area contributed by atoms with Crippen LogP contribution in [0.4, 0.5) is 5.69 Å². The normalized spacial score (nSPS) is 10.8. The molecule has 2 aromatic heterocycles. The maximum atomic E-state index is 10.8. The number of H-pyrrole nitrogens is 1. The lowest BCUT2D eigenvalue weighted by molar-refractivity contribution is -0.384. The molecule has 0 saturated heterocycles. The van der Waals surface area contributed by atoms with Crippen LogP contribution in [0, 0.1) is 10.1 Å². The smallest absolute Gasteiger partial charge is 0.270 e. The molecule has 0 atom stereocenters. The second kappa shape index (κ2) is 4.33. The van der Waals surface area contributed by atoms with Gasteiger partial charge < -0.3 is 0 Å². The van der Waals surface area contributed by atoms with Crippen molar-refractivity contribution in [1.82, 2.24) is 15.2 Å². The summed E-state index contributed by atoms with van der Waals surface area (Å²) in [6.07, 6.45) is 0. The Hall–Kier alpha value is -2.47. The molecule has 2 heterocycles. The van der Waals surface area contributed by atoms with Gasteiger partial charge in [0.1, 0.15) is 10.8 Å². The van der Waals surface area contributed by atoms with Gasteiger partial charge in [-0.3, -0.25) is 15.2 Å². The standard InChI is InChI=1S/C12H7ClN4O2/c13-11-3-1-2-10(14-11)12-8-6-7(17(18)19)4-5-9(8)15-16-12/h1-6H,(H,15,16). The molecule has 6 nitrogen and oxygen atoms in total. The molecule has 0 amide bonds. The number of fused-ring (bicyclic) bond motifs is 1. The molecule has 1 aromatic carbocycles. The molecule has 0 radical (unpaired) electrons. The van der Waals surface area contributed by atoms with E-state index < -0.39 is 4.92 Å². The largest absolute Gasteiger partial charge is 0.277 e. The summed E-state index contributed by atoms with van der Waals surface area (Å²) in [5, 5.41) is 18.8. The van der Waals surface area contributed by atoms with E-state index in [-0.39, 0.29) is 5.69 Å². The van der Waals surface area contributed by atoms with Crippen LogP contribution in [-0.2, 0) is 0 Å². The van der Waals surface area contributed by atoms with E-state index in [9.17, 15) is 10.1 Å². The Morgan fingerprint density at radius 3 is 2.84 bits per heavy atom. The van der Waals surface area contributed by atoms with Crippen LogP contribution in [0.5, 0.6) is 0 Å². The van der Waals surface area contributed by atoms with Crippen LogP contribution < -0.4 is 0 Å². The molecule has 3 aromatic rings. The summed E-state index contributed by atoms with van der Waals surface area (Å²) in [4.78, 5) is 14.5. The van der Waals surface area contributed by atoms with Gasteiger partial charge in [0, 0.05) is 17.5 Å². The first kappa shape index (κ1) is 11.6. The maximum absolute atomic E-state index is 10.8.